The lowest BCUT2D eigenvalue weighted by Gasteiger charge is -2.32. The van der Waals surface area contributed by atoms with Crippen LogP contribution in [0.15, 0.2) is 30.3 Å². The van der Waals surface area contributed by atoms with Crippen LogP contribution in [0.4, 0.5) is 0 Å². The van der Waals surface area contributed by atoms with Crippen LogP contribution in [0.25, 0.3) is 0 Å². The molecule has 2 rings (SSSR count). The summed E-state index contributed by atoms with van der Waals surface area (Å²) in [4.78, 5) is 24.9. The molecule has 0 saturated carbocycles. The zero-order valence-corrected chi connectivity index (χ0v) is 12.4. The second-order valence-electron chi connectivity index (χ2n) is 5.18. The number of amides is 1. The Morgan fingerprint density at radius 2 is 2.14 bits per heavy atom. The Bertz CT molecular complexity index is 476. The quantitative estimate of drug-likeness (QED) is 0.803. The Hall–Kier alpha value is -1.88. The highest BCUT2D eigenvalue weighted by atomic mass is 16.5. The topological polar surface area (TPSA) is 58.6 Å². The maximum atomic E-state index is 11.8. The fraction of sp³-hybridized carbons (Fsp3) is 0.500. The van der Waals surface area contributed by atoms with Gasteiger partial charge in [0, 0.05) is 25.6 Å². The molecule has 1 N–H and O–H groups in total. The molecular weight excluding hydrogens is 268 g/mol. The number of ether oxygens (including phenoxy) is 1. The molecule has 1 aromatic carbocycles. The zero-order valence-electron chi connectivity index (χ0n) is 12.4. The Morgan fingerprint density at radius 1 is 1.38 bits per heavy atom. The molecule has 1 saturated heterocycles. The van der Waals surface area contributed by atoms with E-state index >= 15 is 0 Å². The smallest absolute Gasteiger partial charge is 0.325 e. The van der Waals surface area contributed by atoms with Crippen molar-refractivity contribution in [3.63, 3.8) is 0 Å². The molecule has 0 spiro atoms. The van der Waals surface area contributed by atoms with E-state index in [-0.39, 0.29) is 24.5 Å². The van der Waals surface area contributed by atoms with E-state index in [9.17, 15) is 9.59 Å². The maximum absolute atomic E-state index is 11.8. The third kappa shape index (κ3) is 4.86. The van der Waals surface area contributed by atoms with Crippen LogP contribution in [0, 0.1) is 0 Å². The molecule has 1 atom stereocenters. The minimum atomic E-state index is -0.338. The van der Waals surface area contributed by atoms with Gasteiger partial charge >= 0.3 is 5.97 Å². The summed E-state index contributed by atoms with van der Waals surface area (Å²) in [5, 5.41) is 3.45. The standard InChI is InChI=1S/C16H22N2O3/c1-2-21-16(20)12-18-11-14(8-9-15(18)19)17-10-13-6-4-3-5-7-13/h3-7,14,17H,2,8-12H2,1H3/t14-/m0/s1. The number of carbonyl (C=O) groups is 2. The first kappa shape index (κ1) is 15.5. The Kier molecular flexibility index (Phi) is 5.75. The molecule has 1 heterocycles. The highest BCUT2D eigenvalue weighted by molar-refractivity contribution is 5.82. The van der Waals surface area contributed by atoms with Crippen LogP contribution in [-0.2, 0) is 20.9 Å². The van der Waals surface area contributed by atoms with E-state index in [1.54, 1.807) is 11.8 Å². The molecule has 0 bridgehead atoms. The van der Waals surface area contributed by atoms with Gasteiger partial charge in [0.2, 0.25) is 5.91 Å². The predicted molar refractivity (Wildman–Crippen MR) is 79.5 cm³/mol. The highest BCUT2D eigenvalue weighted by Crippen LogP contribution is 2.12. The molecule has 5 nitrogen and oxygen atoms in total. The lowest BCUT2D eigenvalue weighted by Crippen LogP contribution is -2.49. The van der Waals surface area contributed by atoms with E-state index in [4.69, 9.17) is 4.74 Å². The Labute approximate surface area is 125 Å². The summed E-state index contributed by atoms with van der Waals surface area (Å²) in [7, 11) is 0. The van der Waals surface area contributed by atoms with Gasteiger partial charge in [0.1, 0.15) is 6.54 Å². The first-order valence-corrected chi connectivity index (χ1v) is 7.39. The largest absolute Gasteiger partial charge is 0.465 e. The fourth-order valence-corrected chi connectivity index (χ4v) is 2.45. The SMILES string of the molecule is CCOC(=O)CN1C[C@@H](NCc2ccccc2)CCC1=O. The van der Waals surface area contributed by atoms with Gasteiger partial charge in [-0.05, 0) is 18.9 Å². The normalized spacial score (nSPS) is 18.6. The van der Waals surface area contributed by atoms with Gasteiger partial charge < -0.3 is 15.0 Å². The maximum Gasteiger partial charge on any atom is 0.325 e. The van der Waals surface area contributed by atoms with Crippen molar-refractivity contribution in [1.29, 1.82) is 0 Å². The molecule has 0 radical (unpaired) electrons. The molecule has 1 aromatic rings. The fourth-order valence-electron chi connectivity index (χ4n) is 2.45. The first-order chi connectivity index (χ1) is 10.2. The van der Waals surface area contributed by atoms with E-state index in [0.29, 0.717) is 19.6 Å². The average molecular weight is 290 g/mol. The van der Waals surface area contributed by atoms with Gasteiger partial charge in [0.25, 0.3) is 0 Å². The van der Waals surface area contributed by atoms with Crippen molar-refractivity contribution in [3.05, 3.63) is 35.9 Å². The minimum Gasteiger partial charge on any atom is -0.465 e. The highest BCUT2D eigenvalue weighted by Gasteiger charge is 2.27. The number of piperidine rings is 1. The lowest BCUT2D eigenvalue weighted by molar-refractivity contribution is -0.150. The van der Waals surface area contributed by atoms with Crippen LogP contribution in [0.1, 0.15) is 25.3 Å². The van der Waals surface area contributed by atoms with Crippen LogP contribution in [0.3, 0.4) is 0 Å². The van der Waals surface area contributed by atoms with Gasteiger partial charge in [0.15, 0.2) is 0 Å². The molecule has 114 valence electrons. The van der Waals surface area contributed by atoms with E-state index in [1.807, 2.05) is 18.2 Å². The molecule has 21 heavy (non-hydrogen) atoms. The Morgan fingerprint density at radius 3 is 2.86 bits per heavy atom. The van der Waals surface area contributed by atoms with Crippen LogP contribution in [-0.4, -0.2) is 42.5 Å². The van der Waals surface area contributed by atoms with Gasteiger partial charge in [-0.2, -0.15) is 0 Å². The average Bonchev–Trinajstić information content (AvgIpc) is 2.49. The molecule has 0 aliphatic carbocycles. The van der Waals surface area contributed by atoms with E-state index in [1.165, 1.54) is 5.56 Å². The first-order valence-electron chi connectivity index (χ1n) is 7.39. The summed E-state index contributed by atoms with van der Waals surface area (Å²) in [5.74, 6) is -0.310. The van der Waals surface area contributed by atoms with Gasteiger partial charge in [-0.15, -0.1) is 0 Å². The summed E-state index contributed by atoms with van der Waals surface area (Å²) in [6, 6.07) is 10.4. The van der Waals surface area contributed by atoms with Crippen LogP contribution >= 0.6 is 0 Å². The van der Waals surface area contributed by atoms with Crippen molar-refractivity contribution in [1.82, 2.24) is 10.2 Å². The monoisotopic (exact) mass is 290 g/mol. The van der Waals surface area contributed by atoms with Crippen molar-refractivity contribution >= 4 is 11.9 Å². The number of likely N-dealkylation sites (tertiary alicyclic amines) is 1. The number of rotatable bonds is 6. The number of benzene rings is 1. The summed E-state index contributed by atoms with van der Waals surface area (Å²) in [5.41, 5.74) is 1.21. The third-order valence-corrected chi connectivity index (χ3v) is 3.56. The number of carbonyl (C=O) groups excluding carboxylic acids is 2. The van der Waals surface area contributed by atoms with Crippen LogP contribution in [0.5, 0.6) is 0 Å². The number of hydrogen-bond donors (Lipinski definition) is 1. The molecule has 1 aliphatic heterocycles. The van der Waals surface area contributed by atoms with Crippen LogP contribution < -0.4 is 5.32 Å². The van der Waals surface area contributed by atoms with Gasteiger partial charge in [-0.1, -0.05) is 30.3 Å². The van der Waals surface area contributed by atoms with Crippen molar-refractivity contribution < 1.29 is 14.3 Å². The van der Waals surface area contributed by atoms with Crippen molar-refractivity contribution in [3.8, 4) is 0 Å². The third-order valence-electron chi connectivity index (χ3n) is 3.56. The van der Waals surface area contributed by atoms with Crippen molar-refractivity contribution in [2.75, 3.05) is 19.7 Å². The molecule has 1 aliphatic rings. The number of nitrogens with one attached hydrogen (secondary N) is 1. The summed E-state index contributed by atoms with van der Waals surface area (Å²) in [6.07, 6.45) is 1.29. The summed E-state index contributed by atoms with van der Waals surface area (Å²) in [6.45, 7) is 3.49. The lowest BCUT2D eigenvalue weighted by atomic mass is 10.0. The number of nitrogens with zero attached hydrogens (tertiary/aromatic N) is 1. The van der Waals surface area contributed by atoms with Gasteiger partial charge in [0.05, 0.1) is 6.61 Å². The van der Waals surface area contributed by atoms with Crippen molar-refractivity contribution in [2.45, 2.75) is 32.4 Å². The predicted octanol–water partition coefficient (Wildman–Crippen LogP) is 1.33. The summed E-state index contributed by atoms with van der Waals surface area (Å²) < 4.78 is 4.90. The van der Waals surface area contributed by atoms with E-state index < -0.39 is 0 Å². The second-order valence-corrected chi connectivity index (χ2v) is 5.18. The molecule has 1 amide bonds. The minimum absolute atomic E-state index is 0.0285. The second kappa shape index (κ2) is 7.78. The zero-order chi connectivity index (χ0) is 15.1. The van der Waals surface area contributed by atoms with Crippen molar-refractivity contribution in [2.24, 2.45) is 0 Å². The molecule has 5 heteroatoms. The Balaban J connectivity index is 1.82. The van der Waals surface area contributed by atoms with Gasteiger partial charge in [-0.3, -0.25) is 9.59 Å². The molecule has 1 fully saturated rings. The van der Waals surface area contributed by atoms with E-state index in [2.05, 4.69) is 17.4 Å². The summed E-state index contributed by atoms with van der Waals surface area (Å²) >= 11 is 0. The number of esters is 1. The molecular formula is C16H22N2O3. The van der Waals surface area contributed by atoms with Crippen LogP contribution in [0.2, 0.25) is 0 Å². The molecule has 0 aromatic heterocycles. The van der Waals surface area contributed by atoms with Gasteiger partial charge in [-0.25, -0.2) is 0 Å². The molecule has 0 unspecified atom stereocenters. The van der Waals surface area contributed by atoms with E-state index in [0.717, 1.165) is 13.0 Å². The number of hydrogen-bond acceptors (Lipinski definition) is 4.